The predicted molar refractivity (Wildman–Crippen MR) is 60.0 cm³/mol. The van der Waals surface area contributed by atoms with Gasteiger partial charge in [0.15, 0.2) is 4.87 Å². The topological polar surface area (TPSA) is 43.5 Å². The Morgan fingerprint density at radius 1 is 1.25 bits per heavy atom. The van der Waals surface area contributed by atoms with Crippen molar-refractivity contribution in [2.75, 3.05) is 7.05 Å². The van der Waals surface area contributed by atoms with Gasteiger partial charge in [-0.1, -0.05) is 24.3 Å². The van der Waals surface area contributed by atoms with E-state index in [9.17, 15) is 10.0 Å². The van der Waals surface area contributed by atoms with Gasteiger partial charge in [0.2, 0.25) is 6.23 Å². The summed E-state index contributed by atoms with van der Waals surface area (Å²) in [5, 5.41) is 13.2. The SMILES string of the molecule is CN1C(O)c2cc3ccccc3cc2[N+]1=O. The molecule has 0 saturated carbocycles. The molecule has 16 heavy (non-hydrogen) atoms. The van der Waals surface area contributed by atoms with Crippen molar-refractivity contribution < 1.29 is 9.98 Å². The van der Waals surface area contributed by atoms with E-state index >= 15 is 0 Å². The van der Waals surface area contributed by atoms with Crippen molar-refractivity contribution in [3.63, 3.8) is 0 Å². The molecule has 3 rings (SSSR count). The van der Waals surface area contributed by atoms with Crippen LogP contribution in [-0.4, -0.2) is 22.0 Å². The zero-order valence-corrected chi connectivity index (χ0v) is 8.79. The van der Waals surface area contributed by atoms with Gasteiger partial charge in [-0.05, 0) is 16.8 Å². The first-order valence-electron chi connectivity index (χ1n) is 5.09. The molecule has 2 aromatic carbocycles. The molecule has 1 aliphatic heterocycles. The van der Waals surface area contributed by atoms with E-state index in [1.165, 1.54) is 5.01 Å². The van der Waals surface area contributed by atoms with Crippen molar-refractivity contribution in [2.45, 2.75) is 6.23 Å². The first-order chi connectivity index (χ1) is 7.68. The standard InChI is InChI=1S/C12H11N2O2/c1-13-12(15)10-6-8-4-2-3-5-9(8)7-11(10)14(13)16/h2-7,12,15H,1H3/q+1. The Kier molecular flexibility index (Phi) is 1.76. The molecule has 0 bridgehead atoms. The summed E-state index contributed by atoms with van der Waals surface area (Å²) in [6.07, 6.45) is -0.850. The van der Waals surface area contributed by atoms with E-state index in [1.54, 1.807) is 7.05 Å². The second-order valence-corrected chi connectivity index (χ2v) is 3.98. The summed E-state index contributed by atoms with van der Waals surface area (Å²) in [7, 11) is 1.57. The van der Waals surface area contributed by atoms with Crippen LogP contribution >= 0.6 is 0 Å². The second-order valence-electron chi connectivity index (χ2n) is 3.98. The number of rotatable bonds is 0. The number of hydrogen-bond donors (Lipinski definition) is 1. The lowest BCUT2D eigenvalue weighted by Crippen LogP contribution is -2.23. The highest BCUT2D eigenvalue weighted by Gasteiger charge is 2.41. The van der Waals surface area contributed by atoms with E-state index in [0.717, 1.165) is 15.6 Å². The molecular formula is C12H11N2O2+. The average molecular weight is 215 g/mol. The summed E-state index contributed by atoms with van der Waals surface area (Å²) < 4.78 is 0. The number of aliphatic hydroxyl groups excluding tert-OH is 1. The quantitative estimate of drug-likeness (QED) is 0.684. The highest BCUT2D eigenvalue weighted by Crippen LogP contribution is 2.38. The van der Waals surface area contributed by atoms with Gasteiger partial charge < -0.3 is 5.11 Å². The first-order valence-corrected chi connectivity index (χ1v) is 5.09. The van der Waals surface area contributed by atoms with Crippen LogP contribution < -0.4 is 0 Å². The van der Waals surface area contributed by atoms with Gasteiger partial charge in [-0.25, -0.2) is 0 Å². The Hall–Kier alpha value is -1.94. The number of fused-ring (bicyclic) bond motifs is 2. The number of benzene rings is 2. The Morgan fingerprint density at radius 2 is 1.88 bits per heavy atom. The molecule has 4 nitrogen and oxygen atoms in total. The van der Waals surface area contributed by atoms with Gasteiger partial charge in [-0.3, -0.25) is 0 Å². The largest absolute Gasteiger partial charge is 0.365 e. The number of aliphatic hydroxyl groups is 1. The van der Waals surface area contributed by atoms with E-state index in [0.29, 0.717) is 11.3 Å². The van der Waals surface area contributed by atoms with Crippen molar-refractivity contribution in [3.05, 3.63) is 46.9 Å². The van der Waals surface area contributed by atoms with Crippen molar-refractivity contribution in [1.29, 1.82) is 0 Å². The number of hydrazine groups is 1. The normalized spacial score (nSPS) is 19.2. The summed E-state index contributed by atoms with van der Waals surface area (Å²) in [6.45, 7) is 0. The van der Waals surface area contributed by atoms with Crippen LogP contribution in [0.4, 0.5) is 5.69 Å². The Balaban J connectivity index is 2.34. The smallest absolute Gasteiger partial charge is 0.300 e. The molecular weight excluding hydrogens is 204 g/mol. The van der Waals surface area contributed by atoms with Gasteiger partial charge in [-0.2, -0.15) is 0 Å². The van der Waals surface area contributed by atoms with Gasteiger partial charge in [-0.15, -0.1) is 5.01 Å². The summed E-state index contributed by atoms with van der Waals surface area (Å²) in [5.41, 5.74) is 1.19. The molecule has 4 heteroatoms. The molecule has 1 atom stereocenters. The molecule has 1 unspecified atom stereocenters. The third-order valence-electron chi connectivity index (χ3n) is 3.02. The summed E-state index contributed by atoms with van der Waals surface area (Å²) in [4.78, 5) is 12.5. The minimum absolute atomic E-state index is 0.522. The van der Waals surface area contributed by atoms with Crippen molar-refractivity contribution in [2.24, 2.45) is 0 Å². The Bertz CT molecular complexity index is 595. The Morgan fingerprint density at radius 3 is 2.56 bits per heavy atom. The highest BCUT2D eigenvalue weighted by molar-refractivity contribution is 5.86. The molecule has 0 aromatic heterocycles. The van der Waals surface area contributed by atoms with Crippen LogP contribution in [0, 0.1) is 4.91 Å². The molecule has 1 aliphatic rings. The van der Waals surface area contributed by atoms with Gasteiger partial charge in [0, 0.05) is 6.07 Å². The van der Waals surface area contributed by atoms with Crippen LogP contribution in [0.25, 0.3) is 10.8 Å². The molecule has 2 aromatic rings. The van der Waals surface area contributed by atoms with Crippen LogP contribution in [0.2, 0.25) is 0 Å². The lowest BCUT2D eigenvalue weighted by molar-refractivity contribution is -0.642. The zero-order chi connectivity index (χ0) is 11.3. The molecule has 1 heterocycles. The van der Waals surface area contributed by atoms with Crippen LogP contribution in [0.15, 0.2) is 36.4 Å². The van der Waals surface area contributed by atoms with Crippen LogP contribution in [0.5, 0.6) is 0 Å². The molecule has 0 saturated heterocycles. The van der Waals surface area contributed by atoms with E-state index in [1.807, 2.05) is 36.4 Å². The van der Waals surface area contributed by atoms with Crippen LogP contribution in [0.1, 0.15) is 11.8 Å². The summed E-state index contributed by atoms with van der Waals surface area (Å²) in [6, 6.07) is 11.5. The number of nitrogens with zero attached hydrogens (tertiary/aromatic N) is 2. The average Bonchev–Trinajstić information content (AvgIpc) is 2.52. The van der Waals surface area contributed by atoms with Crippen LogP contribution in [0.3, 0.4) is 0 Å². The van der Waals surface area contributed by atoms with Crippen molar-refractivity contribution in [1.82, 2.24) is 5.01 Å². The maximum absolute atomic E-state index is 11.7. The van der Waals surface area contributed by atoms with Crippen LogP contribution in [-0.2, 0) is 0 Å². The third-order valence-corrected chi connectivity index (χ3v) is 3.02. The molecule has 0 radical (unpaired) electrons. The van der Waals surface area contributed by atoms with Gasteiger partial charge in [0.1, 0.15) is 0 Å². The maximum Gasteiger partial charge on any atom is 0.300 e. The lowest BCUT2D eigenvalue weighted by Gasteiger charge is -2.04. The fourth-order valence-electron chi connectivity index (χ4n) is 2.09. The monoisotopic (exact) mass is 215 g/mol. The fourth-order valence-corrected chi connectivity index (χ4v) is 2.09. The molecule has 0 aliphatic carbocycles. The predicted octanol–water partition coefficient (Wildman–Crippen LogP) is 2.10. The Labute approximate surface area is 92.3 Å². The third kappa shape index (κ3) is 1.07. The first kappa shape index (κ1) is 9.30. The molecule has 0 amide bonds. The van der Waals surface area contributed by atoms with Gasteiger partial charge >= 0.3 is 5.69 Å². The molecule has 1 N–H and O–H groups in total. The fraction of sp³-hybridized carbons (Fsp3) is 0.167. The van der Waals surface area contributed by atoms with E-state index in [4.69, 9.17) is 0 Å². The van der Waals surface area contributed by atoms with Crippen molar-refractivity contribution in [3.8, 4) is 0 Å². The highest BCUT2D eigenvalue weighted by atomic mass is 16.4. The van der Waals surface area contributed by atoms with E-state index in [2.05, 4.69) is 0 Å². The molecule has 0 spiro atoms. The van der Waals surface area contributed by atoms with Crippen molar-refractivity contribution >= 4 is 16.5 Å². The molecule has 80 valence electrons. The zero-order valence-electron chi connectivity index (χ0n) is 8.79. The minimum atomic E-state index is -0.850. The summed E-state index contributed by atoms with van der Waals surface area (Å²) >= 11 is 0. The number of nitroso groups, excluding NO2 is 1. The maximum atomic E-state index is 11.7. The number of hydrogen-bond acceptors (Lipinski definition) is 2. The van der Waals surface area contributed by atoms with E-state index in [-0.39, 0.29) is 0 Å². The molecule has 0 fully saturated rings. The van der Waals surface area contributed by atoms with Gasteiger partial charge in [0.25, 0.3) is 0 Å². The summed E-state index contributed by atoms with van der Waals surface area (Å²) in [5.74, 6) is 0. The lowest BCUT2D eigenvalue weighted by atomic mass is 10.1. The minimum Gasteiger partial charge on any atom is -0.365 e. The second kappa shape index (κ2) is 3.02. The van der Waals surface area contributed by atoms with Gasteiger partial charge in [0.05, 0.1) is 17.5 Å². The van der Waals surface area contributed by atoms with E-state index < -0.39 is 6.23 Å².